The molecule has 0 bridgehead atoms. The molecule has 1 fully saturated rings. The van der Waals surface area contributed by atoms with Gasteiger partial charge in [-0.3, -0.25) is 9.59 Å². The Balaban J connectivity index is 1.44. The van der Waals surface area contributed by atoms with E-state index < -0.39 is 0 Å². The second-order valence-corrected chi connectivity index (χ2v) is 8.87. The predicted molar refractivity (Wildman–Crippen MR) is 125 cm³/mol. The first-order chi connectivity index (χ1) is 15.5. The fraction of sp³-hybridized carbons (Fsp3) is 0.304. The van der Waals surface area contributed by atoms with Crippen molar-refractivity contribution < 1.29 is 14.3 Å². The molecule has 0 aliphatic carbocycles. The van der Waals surface area contributed by atoms with Crippen molar-refractivity contribution in [2.75, 3.05) is 25.0 Å². The maximum absolute atomic E-state index is 13.2. The Morgan fingerprint density at radius 3 is 2.88 bits per heavy atom. The topological polar surface area (TPSA) is 84.4 Å². The Morgan fingerprint density at radius 1 is 1.22 bits per heavy atom. The maximum atomic E-state index is 13.2. The van der Waals surface area contributed by atoms with Crippen molar-refractivity contribution >= 4 is 40.4 Å². The van der Waals surface area contributed by atoms with Gasteiger partial charge in [-0.25, -0.2) is 0 Å². The SMILES string of the molecule is CCOc1ccccc1C(=O)N1CCCC(c2nnc(C(=O)Nc3cccc(Cl)c3)s2)C1. The number of aromatic nitrogens is 2. The standard InChI is InChI=1S/C23H23ClN4O3S/c1-2-31-19-11-4-3-10-18(19)23(30)28-12-6-7-15(14-28)21-26-27-22(32-21)20(29)25-17-9-5-8-16(24)13-17/h3-5,8-11,13,15H,2,6-7,12,14H2,1H3,(H,25,29). The first kappa shape index (κ1) is 22.2. The van der Waals surface area contributed by atoms with Gasteiger partial charge >= 0.3 is 0 Å². The highest BCUT2D eigenvalue weighted by Crippen LogP contribution is 2.31. The van der Waals surface area contributed by atoms with E-state index in [1.165, 1.54) is 11.3 Å². The highest BCUT2D eigenvalue weighted by atomic mass is 35.5. The molecule has 1 N–H and O–H groups in total. The van der Waals surface area contributed by atoms with E-state index in [1.54, 1.807) is 30.3 Å². The summed E-state index contributed by atoms with van der Waals surface area (Å²) >= 11 is 7.24. The largest absolute Gasteiger partial charge is 0.493 e. The van der Waals surface area contributed by atoms with Crippen LogP contribution in [0.4, 0.5) is 5.69 Å². The summed E-state index contributed by atoms with van der Waals surface area (Å²) in [6.45, 7) is 3.60. The van der Waals surface area contributed by atoms with Crippen molar-refractivity contribution in [3.63, 3.8) is 0 Å². The lowest BCUT2D eigenvalue weighted by molar-refractivity contribution is 0.0702. The average Bonchev–Trinajstić information content (AvgIpc) is 3.30. The Morgan fingerprint density at radius 2 is 2.06 bits per heavy atom. The third kappa shape index (κ3) is 5.08. The molecule has 7 nitrogen and oxygen atoms in total. The van der Waals surface area contributed by atoms with E-state index in [9.17, 15) is 9.59 Å². The van der Waals surface area contributed by atoms with Gasteiger partial charge in [0.2, 0.25) is 5.01 Å². The van der Waals surface area contributed by atoms with Gasteiger partial charge in [0.1, 0.15) is 10.8 Å². The van der Waals surface area contributed by atoms with E-state index in [1.807, 2.05) is 30.0 Å². The zero-order valence-corrected chi connectivity index (χ0v) is 19.2. The smallest absolute Gasteiger partial charge is 0.286 e. The van der Waals surface area contributed by atoms with Crippen LogP contribution in [0.3, 0.4) is 0 Å². The molecule has 166 valence electrons. The number of amides is 2. The van der Waals surface area contributed by atoms with E-state index in [-0.39, 0.29) is 22.7 Å². The van der Waals surface area contributed by atoms with Crippen LogP contribution in [0.1, 0.15) is 50.9 Å². The number of benzene rings is 2. The normalized spacial score (nSPS) is 15.9. The number of rotatable bonds is 6. The number of likely N-dealkylation sites (tertiary alicyclic amines) is 1. The lowest BCUT2D eigenvalue weighted by Gasteiger charge is -2.32. The van der Waals surface area contributed by atoms with E-state index in [0.29, 0.717) is 41.7 Å². The monoisotopic (exact) mass is 470 g/mol. The van der Waals surface area contributed by atoms with Crippen LogP contribution in [0.15, 0.2) is 48.5 Å². The van der Waals surface area contributed by atoms with Crippen LogP contribution in [0, 0.1) is 0 Å². The fourth-order valence-corrected chi connectivity index (χ4v) is 4.75. The van der Waals surface area contributed by atoms with Crippen molar-refractivity contribution in [3.05, 3.63) is 69.1 Å². The lowest BCUT2D eigenvalue weighted by atomic mass is 9.98. The van der Waals surface area contributed by atoms with Gasteiger partial charge in [-0.05, 0) is 50.1 Å². The number of anilines is 1. The zero-order valence-electron chi connectivity index (χ0n) is 17.6. The number of nitrogens with one attached hydrogen (secondary N) is 1. The number of halogens is 1. The van der Waals surface area contributed by atoms with Crippen molar-refractivity contribution in [1.29, 1.82) is 0 Å². The number of carbonyl (C=O) groups is 2. The van der Waals surface area contributed by atoms with Crippen molar-refractivity contribution in [2.45, 2.75) is 25.7 Å². The Labute approximate surface area is 195 Å². The van der Waals surface area contributed by atoms with Crippen molar-refractivity contribution in [1.82, 2.24) is 15.1 Å². The maximum Gasteiger partial charge on any atom is 0.286 e. The molecule has 9 heteroatoms. The number of hydrogen-bond acceptors (Lipinski definition) is 6. The zero-order chi connectivity index (χ0) is 22.5. The molecule has 2 aromatic carbocycles. The van der Waals surface area contributed by atoms with Gasteiger partial charge < -0.3 is 15.0 Å². The molecule has 1 saturated heterocycles. The van der Waals surface area contributed by atoms with Crippen LogP contribution in [0.25, 0.3) is 0 Å². The van der Waals surface area contributed by atoms with Crippen LogP contribution in [-0.2, 0) is 0 Å². The molecule has 1 aromatic heterocycles. The predicted octanol–water partition coefficient (Wildman–Crippen LogP) is 4.86. The minimum absolute atomic E-state index is 0.0391. The third-order valence-electron chi connectivity index (χ3n) is 5.19. The van der Waals surface area contributed by atoms with Gasteiger partial charge in [0.15, 0.2) is 0 Å². The highest BCUT2D eigenvalue weighted by Gasteiger charge is 2.29. The summed E-state index contributed by atoms with van der Waals surface area (Å²) in [6.07, 6.45) is 1.75. The Kier molecular flexibility index (Phi) is 7.02. The van der Waals surface area contributed by atoms with Crippen LogP contribution >= 0.6 is 22.9 Å². The molecule has 2 heterocycles. The molecule has 3 aromatic rings. The van der Waals surface area contributed by atoms with E-state index in [4.69, 9.17) is 16.3 Å². The molecule has 0 saturated carbocycles. The first-order valence-corrected chi connectivity index (χ1v) is 11.7. The van der Waals surface area contributed by atoms with E-state index >= 15 is 0 Å². The quantitative estimate of drug-likeness (QED) is 0.556. The lowest BCUT2D eigenvalue weighted by Crippen LogP contribution is -2.39. The number of para-hydroxylation sites is 1. The molecule has 1 atom stereocenters. The van der Waals surface area contributed by atoms with Gasteiger partial charge in [-0.2, -0.15) is 0 Å². The fourth-order valence-electron chi connectivity index (χ4n) is 3.70. The molecule has 1 aliphatic rings. The number of nitrogens with zero attached hydrogens (tertiary/aromatic N) is 3. The molecule has 0 radical (unpaired) electrons. The summed E-state index contributed by atoms with van der Waals surface area (Å²) in [5, 5.41) is 12.7. The summed E-state index contributed by atoms with van der Waals surface area (Å²) in [7, 11) is 0. The van der Waals surface area contributed by atoms with Crippen LogP contribution < -0.4 is 10.1 Å². The molecular weight excluding hydrogens is 448 g/mol. The van der Waals surface area contributed by atoms with Crippen molar-refractivity contribution in [3.8, 4) is 5.75 Å². The van der Waals surface area contributed by atoms with E-state index in [2.05, 4.69) is 15.5 Å². The first-order valence-electron chi connectivity index (χ1n) is 10.5. The molecule has 2 amide bonds. The minimum Gasteiger partial charge on any atom is -0.493 e. The minimum atomic E-state index is -0.328. The summed E-state index contributed by atoms with van der Waals surface area (Å²) in [6, 6.07) is 14.2. The summed E-state index contributed by atoms with van der Waals surface area (Å²) in [5.41, 5.74) is 1.16. The second kappa shape index (κ2) is 10.1. The van der Waals surface area contributed by atoms with Crippen molar-refractivity contribution in [2.24, 2.45) is 0 Å². The summed E-state index contributed by atoms with van der Waals surface area (Å²) < 4.78 is 5.63. The average molecular weight is 471 g/mol. The number of ether oxygens (including phenoxy) is 1. The summed E-state index contributed by atoms with van der Waals surface area (Å²) in [4.78, 5) is 27.5. The van der Waals surface area contributed by atoms with Crippen LogP contribution in [-0.4, -0.2) is 46.6 Å². The third-order valence-corrected chi connectivity index (χ3v) is 6.51. The molecule has 1 aliphatic heterocycles. The number of hydrogen-bond donors (Lipinski definition) is 1. The molecule has 4 rings (SSSR count). The van der Waals surface area contributed by atoms with E-state index in [0.717, 1.165) is 17.8 Å². The molecule has 32 heavy (non-hydrogen) atoms. The molecule has 1 unspecified atom stereocenters. The molecular formula is C23H23ClN4O3S. The summed E-state index contributed by atoms with van der Waals surface area (Å²) in [5.74, 6) is 0.253. The van der Waals surface area contributed by atoms with Gasteiger partial charge in [-0.1, -0.05) is 41.1 Å². The van der Waals surface area contributed by atoms with Gasteiger partial charge in [-0.15, -0.1) is 10.2 Å². The van der Waals surface area contributed by atoms with Crippen LogP contribution in [0.5, 0.6) is 5.75 Å². The van der Waals surface area contributed by atoms with Gasteiger partial charge in [0.25, 0.3) is 11.8 Å². The number of carbonyl (C=O) groups excluding carboxylic acids is 2. The Bertz CT molecular complexity index is 1120. The number of piperidine rings is 1. The van der Waals surface area contributed by atoms with Crippen LogP contribution in [0.2, 0.25) is 5.02 Å². The Hall–Kier alpha value is -2.97. The molecule has 0 spiro atoms. The van der Waals surface area contributed by atoms with Gasteiger partial charge in [0, 0.05) is 29.7 Å². The van der Waals surface area contributed by atoms with Gasteiger partial charge in [0.05, 0.1) is 12.2 Å². The second-order valence-electron chi connectivity index (χ2n) is 7.43. The highest BCUT2D eigenvalue weighted by molar-refractivity contribution is 7.13.